The Morgan fingerprint density at radius 1 is 1.00 bits per heavy atom. The number of Topliss-reactive ketones (excluding diaryl/α,β-unsaturated/α-hetero) is 1. The van der Waals surface area contributed by atoms with Crippen LogP contribution < -0.4 is 5.32 Å². The highest BCUT2D eigenvalue weighted by Crippen LogP contribution is 2.21. The minimum atomic E-state index is -0.761. The molecule has 0 fully saturated rings. The number of ketones is 1. The van der Waals surface area contributed by atoms with Gasteiger partial charge in [0, 0.05) is 18.5 Å². The number of hydrogen-bond donors (Lipinski definition) is 1. The van der Waals surface area contributed by atoms with Crippen LogP contribution in [0, 0.1) is 25.2 Å². The van der Waals surface area contributed by atoms with E-state index < -0.39 is 5.92 Å². The van der Waals surface area contributed by atoms with Crippen molar-refractivity contribution in [1.82, 2.24) is 0 Å². The lowest BCUT2D eigenvalue weighted by Gasteiger charge is -2.12. The maximum absolute atomic E-state index is 12.3. The van der Waals surface area contributed by atoms with Crippen LogP contribution >= 0.6 is 0 Å². The number of carbonyl (C=O) groups excluding carboxylic acids is 2. The van der Waals surface area contributed by atoms with Crippen molar-refractivity contribution in [2.45, 2.75) is 39.0 Å². The lowest BCUT2D eigenvalue weighted by atomic mass is 9.93. The van der Waals surface area contributed by atoms with Gasteiger partial charge in [-0.15, -0.1) is 0 Å². The van der Waals surface area contributed by atoms with E-state index in [1.54, 1.807) is 12.1 Å². The number of nitrogens with one attached hydrogen (secondary N) is 1. The third-order valence-corrected chi connectivity index (χ3v) is 4.16. The van der Waals surface area contributed by atoms with Crippen LogP contribution in [0.2, 0.25) is 0 Å². The maximum atomic E-state index is 12.3. The average Bonchev–Trinajstić information content (AvgIpc) is 2.60. The van der Waals surface area contributed by atoms with Crippen LogP contribution in [0.4, 0.5) is 5.69 Å². The number of benzene rings is 2. The highest BCUT2D eigenvalue weighted by atomic mass is 16.1. The minimum absolute atomic E-state index is 0.113. The molecule has 2 aromatic rings. The number of anilines is 1. The highest BCUT2D eigenvalue weighted by molar-refractivity contribution is 5.93. The molecule has 0 saturated carbocycles. The summed E-state index contributed by atoms with van der Waals surface area (Å²) in [6.45, 7) is 3.90. The summed E-state index contributed by atoms with van der Waals surface area (Å²) in [5.41, 5.74) is 3.56. The first-order valence-corrected chi connectivity index (χ1v) is 8.36. The van der Waals surface area contributed by atoms with Gasteiger partial charge in [0.15, 0.2) is 5.78 Å². The van der Waals surface area contributed by atoms with Gasteiger partial charge < -0.3 is 5.32 Å². The largest absolute Gasteiger partial charge is 0.326 e. The third kappa shape index (κ3) is 5.02. The van der Waals surface area contributed by atoms with Crippen molar-refractivity contribution in [2.75, 3.05) is 5.32 Å². The van der Waals surface area contributed by atoms with Crippen LogP contribution in [-0.2, 0) is 9.59 Å². The van der Waals surface area contributed by atoms with E-state index in [0.29, 0.717) is 12.0 Å². The number of rotatable bonds is 7. The number of para-hydroxylation sites is 1. The zero-order valence-electron chi connectivity index (χ0n) is 14.6. The van der Waals surface area contributed by atoms with Gasteiger partial charge in [-0.2, -0.15) is 5.26 Å². The summed E-state index contributed by atoms with van der Waals surface area (Å²) in [5, 5.41) is 12.2. The molecular weight excluding hydrogens is 312 g/mol. The quantitative estimate of drug-likeness (QED) is 0.821. The van der Waals surface area contributed by atoms with E-state index in [1.165, 1.54) is 0 Å². The molecule has 0 aromatic heterocycles. The Morgan fingerprint density at radius 2 is 1.64 bits per heavy atom. The van der Waals surface area contributed by atoms with Crippen LogP contribution in [0.25, 0.3) is 0 Å². The predicted octanol–water partition coefficient (Wildman–Crippen LogP) is 4.29. The van der Waals surface area contributed by atoms with Crippen molar-refractivity contribution in [3.05, 3.63) is 65.2 Å². The first-order valence-electron chi connectivity index (χ1n) is 8.36. The minimum Gasteiger partial charge on any atom is -0.326 e. The summed E-state index contributed by atoms with van der Waals surface area (Å²) in [6, 6.07) is 16.9. The third-order valence-electron chi connectivity index (χ3n) is 4.16. The van der Waals surface area contributed by atoms with Gasteiger partial charge in [0.1, 0.15) is 5.92 Å². The van der Waals surface area contributed by atoms with E-state index in [2.05, 4.69) is 11.4 Å². The SMILES string of the molecule is Cc1cccc(C)c1NC(=O)CCCC(=O)[C@@H](C#N)c1ccccc1. The average molecular weight is 334 g/mol. The molecule has 2 rings (SSSR count). The van der Waals surface area contributed by atoms with Gasteiger partial charge in [-0.3, -0.25) is 9.59 Å². The molecule has 4 heteroatoms. The Hall–Kier alpha value is -2.93. The van der Waals surface area contributed by atoms with Gasteiger partial charge in [-0.25, -0.2) is 0 Å². The number of aryl methyl sites for hydroxylation is 2. The van der Waals surface area contributed by atoms with Crippen molar-refractivity contribution in [3.8, 4) is 6.07 Å². The Kier molecular flexibility index (Phi) is 6.47. The Morgan fingerprint density at radius 3 is 2.24 bits per heavy atom. The molecule has 0 spiro atoms. The second-order valence-corrected chi connectivity index (χ2v) is 6.11. The molecule has 0 unspecified atom stereocenters. The summed E-state index contributed by atoms with van der Waals surface area (Å²) in [6.07, 6.45) is 0.903. The van der Waals surface area contributed by atoms with E-state index in [-0.39, 0.29) is 24.5 Å². The summed E-state index contributed by atoms with van der Waals surface area (Å²) in [7, 11) is 0. The molecule has 1 N–H and O–H groups in total. The monoisotopic (exact) mass is 334 g/mol. The molecule has 0 heterocycles. The predicted molar refractivity (Wildman–Crippen MR) is 98.2 cm³/mol. The molecule has 0 aliphatic rings. The van der Waals surface area contributed by atoms with Crippen molar-refractivity contribution in [1.29, 1.82) is 5.26 Å². The lowest BCUT2D eigenvalue weighted by molar-refractivity contribution is -0.119. The van der Waals surface area contributed by atoms with E-state index in [0.717, 1.165) is 16.8 Å². The standard InChI is InChI=1S/C21H22N2O2/c1-15-8-6-9-16(2)21(15)23-20(25)13-7-12-19(24)18(14-22)17-10-4-3-5-11-17/h3-6,8-11,18H,7,12-13H2,1-2H3,(H,23,25)/t18-/m0/s1. The van der Waals surface area contributed by atoms with Crippen molar-refractivity contribution in [2.24, 2.45) is 0 Å². The second kappa shape index (κ2) is 8.79. The van der Waals surface area contributed by atoms with Crippen molar-refractivity contribution >= 4 is 17.4 Å². The highest BCUT2D eigenvalue weighted by Gasteiger charge is 2.19. The molecule has 1 amide bonds. The Balaban J connectivity index is 1.86. The fourth-order valence-electron chi connectivity index (χ4n) is 2.76. The van der Waals surface area contributed by atoms with Crippen LogP contribution in [0.15, 0.2) is 48.5 Å². The van der Waals surface area contributed by atoms with Crippen LogP contribution in [0.5, 0.6) is 0 Å². The molecule has 1 atom stereocenters. The van der Waals surface area contributed by atoms with Gasteiger partial charge in [0.2, 0.25) is 5.91 Å². The fraction of sp³-hybridized carbons (Fsp3) is 0.286. The molecule has 25 heavy (non-hydrogen) atoms. The summed E-state index contributed by atoms with van der Waals surface area (Å²) < 4.78 is 0. The number of hydrogen-bond acceptors (Lipinski definition) is 3. The molecule has 0 saturated heterocycles. The van der Waals surface area contributed by atoms with E-state index >= 15 is 0 Å². The zero-order chi connectivity index (χ0) is 18.2. The van der Waals surface area contributed by atoms with Gasteiger partial charge in [-0.05, 0) is 37.0 Å². The number of nitriles is 1. The molecular formula is C21H22N2O2. The van der Waals surface area contributed by atoms with Crippen molar-refractivity contribution in [3.63, 3.8) is 0 Å². The van der Waals surface area contributed by atoms with E-state index in [1.807, 2.05) is 50.2 Å². The lowest BCUT2D eigenvalue weighted by Crippen LogP contribution is -2.15. The fourth-order valence-corrected chi connectivity index (χ4v) is 2.76. The van der Waals surface area contributed by atoms with Crippen LogP contribution in [0.3, 0.4) is 0 Å². The summed E-state index contributed by atoms with van der Waals surface area (Å²) >= 11 is 0. The first kappa shape index (κ1) is 18.4. The van der Waals surface area contributed by atoms with E-state index in [4.69, 9.17) is 0 Å². The molecule has 0 radical (unpaired) electrons. The van der Waals surface area contributed by atoms with Crippen LogP contribution in [-0.4, -0.2) is 11.7 Å². The summed E-state index contributed by atoms with van der Waals surface area (Å²) in [4.78, 5) is 24.4. The van der Waals surface area contributed by atoms with Gasteiger partial charge in [0.05, 0.1) is 6.07 Å². The molecule has 2 aromatic carbocycles. The molecule has 0 aliphatic heterocycles. The van der Waals surface area contributed by atoms with Crippen molar-refractivity contribution < 1.29 is 9.59 Å². The molecule has 128 valence electrons. The summed E-state index contributed by atoms with van der Waals surface area (Å²) in [5.74, 6) is -1.02. The molecule has 4 nitrogen and oxygen atoms in total. The molecule has 0 aliphatic carbocycles. The normalized spacial score (nSPS) is 11.4. The zero-order valence-corrected chi connectivity index (χ0v) is 14.6. The second-order valence-electron chi connectivity index (χ2n) is 6.11. The molecule has 0 bridgehead atoms. The Bertz CT molecular complexity index is 771. The Labute approximate surface area is 148 Å². The number of nitrogens with zero attached hydrogens (tertiary/aromatic N) is 1. The maximum Gasteiger partial charge on any atom is 0.224 e. The van der Waals surface area contributed by atoms with Gasteiger partial charge >= 0.3 is 0 Å². The van der Waals surface area contributed by atoms with Gasteiger partial charge in [-0.1, -0.05) is 48.5 Å². The topological polar surface area (TPSA) is 70.0 Å². The number of amides is 1. The number of carbonyl (C=O) groups is 2. The van der Waals surface area contributed by atoms with Gasteiger partial charge in [0.25, 0.3) is 0 Å². The smallest absolute Gasteiger partial charge is 0.224 e. The van der Waals surface area contributed by atoms with Crippen LogP contribution in [0.1, 0.15) is 41.9 Å². The van der Waals surface area contributed by atoms with E-state index in [9.17, 15) is 14.9 Å². The first-order chi connectivity index (χ1) is 12.0.